The smallest absolute Gasteiger partial charge is 0.291 e. The number of carbonyl (C=O) groups excluding carboxylic acids is 2. The first-order valence-corrected chi connectivity index (χ1v) is 10.4. The molecule has 0 aliphatic carbocycles. The molecule has 3 heterocycles. The van der Waals surface area contributed by atoms with E-state index in [1.54, 1.807) is 30.4 Å². The van der Waals surface area contributed by atoms with Crippen LogP contribution >= 0.6 is 0 Å². The predicted molar refractivity (Wildman–Crippen MR) is 118 cm³/mol. The molecule has 2 aromatic heterocycles. The molecule has 2 aromatic carbocycles. The second-order valence-corrected chi connectivity index (χ2v) is 7.55. The molecular formula is C24H22N2O6. The van der Waals surface area contributed by atoms with Crippen LogP contribution in [0.4, 0.5) is 5.69 Å². The number of para-hydroxylation sites is 1. The number of furan rings is 2. The predicted octanol–water partition coefficient (Wildman–Crippen LogP) is 3.84. The van der Waals surface area contributed by atoms with Gasteiger partial charge in [-0.05, 0) is 24.3 Å². The zero-order valence-electron chi connectivity index (χ0n) is 17.6. The molecule has 164 valence electrons. The van der Waals surface area contributed by atoms with E-state index >= 15 is 0 Å². The van der Waals surface area contributed by atoms with E-state index in [1.807, 2.05) is 30.3 Å². The number of nitrogens with zero attached hydrogens (tertiary/aromatic N) is 1. The molecule has 0 atom stereocenters. The molecule has 1 N–H and O–H groups in total. The third-order valence-corrected chi connectivity index (χ3v) is 5.57. The first-order chi connectivity index (χ1) is 15.6. The van der Waals surface area contributed by atoms with E-state index in [-0.39, 0.29) is 24.0 Å². The number of nitrogens with one attached hydrogen (secondary N) is 1. The maximum absolute atomic E-state index is 13.1. The lowest BCUT2D eigenvalue weighted by Crippen LogP contribution is -2.40. The van der Waals surface area contributed by atoms with Crippen molar-refractivity contribution in [2.75, 3.05) is 38.7 Å². The van der Waals surface area contributed by atoms with Crippen LogP contribution in [0.15, 0.2) is 57.6 Å². The average Bonchev–Trinajstić information content (AvgIpc) is 3.40. The summed E-state index contributed by atoms with van der Waals surface area (Å²) in [7, 11) is 1.59. The van der Waals surface area contributed by atoms with Gasteiger partial charge < -0.3 is 28.5 Å². The summed E-state index contributed by atoms with van der Waals surface area (Å²) in [6, 6.07) is 12.7. The van der Waals surface area contributed by atoms with E-state index in [4.69, 9.17) is 18.3 Å². The normalized spacial score (nSPS) is 14.1. The molecule has 1 fully saturated rings. The second-order valence-electron chi connectivity index (χ2n) is 7.55. The Kier molecular flexibility index (Phi) is 5.28. The van der Waals surface area contributed by atoms with Crippen molar-refractivity contribution in [1.82, 2.24) is 4.90 Å². The molecular weight excluding hydrogens is 412 g/mol. The van der Waals surface area contributed by atoms with Gasteiger partial charge in [-0.3, -0.25) is 9.59 Å². The lowest BCUT2D eigenvalue weighted by molar-refractivity contribution is -0.115. The van der Waals surface area contributed by atoms with E-state index < -0.39 is 0 Å². The summed E-state index contributed by atoms with van der Waals surface area (Å²) in [4.78, 5) is 27.8. The topological polar surface area (TPSA) is 94.2 Å². The fourth-order valence-corrected chi connectivity index (χ4v) is 3.91. The average molecular weight is 434 g/mol. The third kappa shape index (κ3) is 3.69. The van der Waals surface area contributed by atoms with Gasteiger partial charge in [0.05, 0.1) is 33.0 Å². The first kappa shape index (κ1) is 20.1. The van der Waals surface area contributed by atoms with Crippen molar-refractivity contribution in [2.45, 2.75) is 6.42 Å². The molecule has 1 aliphatic rings. The lowest BCUT2D eigenvalue weighted by Gasteiger charge is -2.26. The summed E-state index contributed by atoms with van der Waals surface area (Å²) in [5, 5.41) is 4.42. The van der Waals surface area contributed by atoms with Crippen molar-refractivity contribution < 1.29 is 27.9 Å². The van der Waals surface area contributed by atoms with Crippen molar-refractivity contribution in [3.63, 3.8) is 0 Å². The van der Waals surface area contributed by atoms with E-state index in [2.05, 4.69) is 5.32 Å². The molecule has 0 spiro atoms. The van der Waals surface area contributed by atoms with E-state index in [0.29, 0.717) is 54.3 Å². The Labute approximate surface area is 183 Å². The molecule has 1 aliphatic heterocycles. The fraction of sp³-hybridized carbons (Fsp3) is 0.250. The van der Waals surface area contributed by atoms with Crippen LogP contribution in [-0.2, 0) is 16.0 Å². The zero-order chi connectivity index (χ0) is 22.1. The number of rotatable bonds is 5. The molecule has 0 saturated carbocycles. The molecule has 0 unspecified atom stereocenters. The van der Waals surface area contributed by atoms with Gasteiger partial charge in [0.15, 0.2) is 0 Å². The second kappa shape index (κ2) is 8.39. The lowest BCUT2D eigenvalue weighted by atomic mass is 10.1. The summed E-state index contributed by atoms with van der Waals surface area (Å²) >= 11 is 0. The van der Waals surface area contributed by atoms with Crippen LogP contribution in [0.2, 0.25) is 0 Å². The number of morpholine rings is 1. The van der Waals surface area contributed by atoms with Crippen LogP contribution in [-0.4, -0.2) is 50.1 Å². The van der Waals surface area contributed by atoms with E-state index in [1.165, 1.54) is 0 Å². The SMILES string of the molecule is COc1ccc2c(CC(=O)Nc3c(C(=O)N4CCOCC4)oc4ccccc34)coc2c1. The maximum atomic E-state index is 13.1. The summed E-state index contributed by atoms with van der Waals surface area (Å²) in [6.07, 6.45) is 1.65. The molecule has 32 heavy (non-hydrogen) atoms. The molecule has 0 radical (unpaired) electrons. The Bertz CT molecular complexity index is 1300. The van der Waals surface area contributed by atoms with Gasteiger partial charge in [-0.2, -0.15) is 0 Å². The van der Waals surface area contributed by atoms with Gasteiger partial charge in [-0.1, -0.05) is 12.1 Å². The van der Waals surface area contributed by atoms with Crippen LogP contribution < -0.4 is 10.1 Å². The Morgan fingerprint density at radius 2 is 1.88 bits per heavy atom. The maximum Gasteiger partial charge on any atom is 0.291 e. The molecule has 1 saturated heterocycles. The van der Waals surface area contributed by atoms with Gasteiger partial charge in [0.25, 0.3) is 5.91 Å². The highest BCUT2D eigenvalue weighted by Crippen LogP contribution is 2.32. The number of fused-ring (bicyclic) bond motifs is 2. The highest BCUT2D eigenvalue weighted by atomic mass is 16.5. The number of hydrogen-bond donors (Lipinski definition) is 1. The van der Waals surface area contributed by atoms with Gasteiger partial charge in [0, 0.05) is 35.5 Å². The van der Waals surface area contributed by atoms with Crippen molar-refractivity contribution in [3.8, 4) is 5.75 Å². The van der Waals surface area contributed by atoms with Gasteiger partial charge in [-0.15, -0.1) is 0 Å². The minimum absolute atomic E-state index is 0.0873. The zero-order valence-corrected chi connectivity index (χ0v) is 17.6. The fourth-order valence-electron chi connectivity index (χ4n) is 3.91. The minimum Gasteiger partial charge on any atom is -0.497 e. The third-order valence-electron chi connectivity index (χ3n) is 5.57. The highest BCUT2D eigenvalue weighted by molar-refractivity contribution is 6.11. The Hall–Kier alpha value is -3.78. The van der Waals surface area contributed by atoms with Crippen LogP contribution in [0.1, 0.15) is 16.1 Å². The number of methoxy groups -OCH3 is 1. The molecule has 2 amide bonds. The standard InChI is InChI=1S/C24H22N2O6/c1-29-16-6-7-17-15(14-31-20(17)13-16)12-21(27)25-22-18-4-2-3-5-19(18)32-23(22)24(28)26-8-10-30-11-9-26/h2-7,13-14H,8-12H2,1H3,(H,25,27). The van der Waals surface area contributed by atoms with Crippen molar-refractivity contribution in [2.24, 2.45) is 0 Å². The monoisotopic (exact) mass is 434 g/mol. The van der Waals surface area contributed by atoms with E-state index in [9.17, 15) is 9.59 Å². The first-order valence-electron chi connectivity index (χ1n) is 10.4. The largest absolute Gasteiger partial charge is 0.497 e. The van der Waals surface area contributed by atoms with Crippen molar-refractivity contribution in [3.05, 3.63) is 60.1 Å². The van der Waals surface area contributed by atoms with Crippen molar-refractivity contribution in [1.29, 1.82) is 0 Å². The summed E-state index contributed by atoms with van der Waals surface area (Å²) in [6.45, 7) is 1.92. The molecule has 8 heteroatoms. The van der Waals surface area contributed by atoms with Gasteiger partial charge in [0.1, 0.15) is 22.6 Å². The number of benzene rings is 2. The summed E-state index contributed by atoms with van der Waals surface area (Å²) in [5.41, 5.74) is 2.31. The number of ether oxygens (including phenoxy) is 2. The summed E-state index contributed by atoms with van der Waals surface area (Å²) in [5.74, 6) is 0.272. The minimum atomic E-state index is -0.272. The van der Waals surface area contributed by atoms with E-state index in [0.717, 1.165) is 10.9 Å². The number of carbonyl (C=O) groups is 2. The molecule has 0 bridgehead atoms. The van der Waals surface area contributed by atoms with Gasteiger partial charge in [-0.25, -0.2) is 0 Å². The van der Waals surface area contributed by atoms with Gasteiger partial charge >= 0.3 is 0 Å². The number of anilines is 1. The quantitative estimate of drug-likeness (QED) is 0.513. The van der Waals surface area contributed by atoms with Crippen molar-refractivity contribution >= 4 is 39.4 Å². The number of amides is 2. The molecule has 4 aromatic rings. The van der Waals surface area contributed by atoms with Crippen LogP contribution in [0, 0.1) is 0 Å². The van der Waals surface area contributed by atoms with Crippen LogP contribution in [0.5, 0.6) is 5.75 Å². The highest BCUT2D eigenvalue weighted by Gasteiger charge is 2.27. The molecule has 8 nitrogen and oxygen atoms in total. The van der Waals surface area contributed by atoms with Gasteiger partial charge in [0.2, 0.25) is 11.7 Å². The Balaban J connectivity index is 1.43. The summed E-state index contributed by atoms with van der Waals surface area (Å²) < 4.78 is 22.0. The molecule has 5 rings (SSSR count). The Morgan fingerprint density at radius 1 is 1.06 bits per heavy atom. The van der Waals surface area contributed by atoms with Crippen LogP contribution in [0.25, 0.3) is 21.9 Å². The Morgan fingerprint density at radius 3 is 2.69 bits per heavy atom. The number of hydrogen-bond acceptors (Lipinski definition) is 6. The van der Waals surface area contributed by atoms with Crippen LogP contribution in [0.3, 0.4) is 0 Å².